The third kappa shape index (κ3) is 5.07. The molecule has 2 amide bonds. The van der Waals surface area contributed by atoms with Crippen molar-refractivity contribution in [3.05, 3.63) is 78.6 Å². The van der Waals surface area contributed by atoms with Gasteiger partial charge in [0.1, 0.15) is 28.5 Å². The van der Waals surface area contributed by atoms with E-state index in [9.17, 15) is 9.59 Å². The van der Waals surface area contributed by atoms with Gasteiger partial charge in [-0.3, -0.25) is 9.59 Å². The van der Waals surface area contributed by atoms with Gasteiger partial charge in [-0.05, 0) is 60.7 Å². The number of methoxy groups -OCH3 is 2. The Bertz CT molecular complexity index is 1260. The number of hydrogen-bond acceptors (Lipinski definition) is 6. The molecular weight excluding hydrogens is 424 g/mol. The van der Waals surface area contributed by atoms with Gasteiger partial charge >= 0.3 is 0 Å². The van der Waals surface area contributed by atoms with E-state index in [1.165, 1.54) is 0 Å². The molecule has 33 heavy (non-hydrogen) atoms. The lowest BCUT2D eigenvalue weighted by Crippen LogP contribution is -2.22. The Morgan fingerprint density at radius 3 is 2.06 bits per heavy atom. The molecule has 4 aromatic rings. The summed E-state index contributed by atoms with van der Waals surface area (Å²) in [7, 11) is 3.14. The van der Waals surface area contributed by atoms with Crippen molar-refractivity contribution in [2.45, 2.75) is 0 Å². The molecule has 3 aromatic carbocycles. The Balaban J connectivity index is 1.51. The zero-order chi connectivity index (χ0) is 23.2. The second-order valence-electron chi connectivity index (χ2n) is 7.00. The number of furan rings is 1. The molecule has 0 atom stereocenters. The average Bonchev–Trinajstić information content (AvgIpc) is 3.22. The van der Waals surface area contributed by atoms with Crippen molar-refractivity contribution in [3.63, 3.8) is 0 Å². The van der Waals surface area contributed by atoms with E-state index >= 15 is 0 Å². The highest BCUT2D eigenvalue weighted by Gasteiger charge is 2.22. The fraction of sp³-hybridized carbons (Fsp3) is 0.120. The van der Waals surface area contributed by atoms with Crippen molar-refractivity contribution in [2.75, 3.05) is 31.5 Å². The number of anilines is 2. The molecule has 0 saturated heterocycles. The predicted octanol–water partition coefficient (Wildman–Crippen LogP) is 4.72. The minimum Gasteiger partial charge on any atom is -0.497 e. The summed E-state index contributed by atoms with van der Waals surface area (Å²) in [6.45, 7) is -0.245. The number of rotatable bonds is 8. The Kier molecular flexibility index (Phi) is 6.45. The number of hydrogen-bond donors (Lipinski definition) is 2. The maximum absolute atomic E-state index is 12.9. The third-order valence-electron chi connectivity index (χ3n) is 4.84. The summed E-state index contributed by atoms with van der Waals surface area (Å²) in [5.74, 6) is 0.926. The van der Waals surface area contributed by atoms with Crippen molar-refractivity contribution in [1.29, 1.82) is 0 Å². The largest absolute Gasteiger partial charge is 0.497 e. The highest BCUT2D eigenvalue weighted by atomic mass is 16.5. The predicted molar refractivity (Wildman–Crippen MR) is 124 cm³/mol. The number of para-hydroxylation sites is 1. The summed E-state index contributed by atoms with van der Waals surface area (Å²) in [4.78, 5) is 25.6. The zero-order valence-electron chi connectivity index (χ0n) is 18.1. The Morgan fingerprint density at radius 1 is 0.788 bits per heavy atom. The second-order valence-corrected chi connectivity index (χ2v) is 7.00. The number of carbonyl (C=O) groups excluding carboxylic acids is 2. The molecule has 0 aliphatic rings. The van der Waals surface area contributed by atoms with Gasteiger partial charge in [0.2, 0.25) is 5.76 Å². The summed E-state index contributed by atoms with van der Waals surface area (Å²) in [5, 5.41) is 6.12. The third-order valence-corrected chi connectivity index (χ3v) is 4.84. The molecular formula is C25H22N2O6. The Hall–Kier alpha value is -4.46. The molecule has 2 N–H and O–H groups in total. The fourth-order valence-electron chi connectivity index (χ4n) is 3.19. The van der Waals surface area contributed by atoms with Crippen molar-refractivity contribution >= 4 is 34.2 Å². The first-order valence-corrected chi connectivity index (χ1v) is 10.1. The molecule has 0 aliphatic heterocycles. The van der Waals surface area contributed by atoms with E-state index in [2.05, 4.69) is 10.6 Å². The van der Waals surface area contributed by atoms with Gasteiger partial charge in [0.25, 0.3) is 11.8 Å². The van der Waals surface area contributed by atoms with Crippen LogP contribution in [0.4, 0.5) is 11.4 Å². The van der Waals surface area contributed by atoms with Crippen LogP contribution in [0, 0.1) is 0 Å². The van der Waals surface area contributed by atoms with E-state index in [4.69, 9.17) is 18.6 Å². The molecule has 0 saturated carbocycles. The standard InChI is InChI=1S/C25H22N2O6/c1-30-17-9-7-16(8-10-17)26-25(29)24-23(20-5-3-4-6-21(20)33-24)27-22(28)15-32-19-13-11-18(31-2)12-14-19/h3-14H,15H2,1-2H3,(H,26,29)(H,27,28). The highest BCUT2D eigenvalue weighted by Crippen LogP contribution is 2.31. The van der Waals surface area contributed by atoms with Gasteiger partial charge < -0.3 is 29.3 Å². The quantitative estimate of drug-likeness (QED) is 0.406. The summed E-state index contributed by atoms with van der Waals surface area (Å²) in [5.41, 5.74) is 1.31. The van der Waals surface area contributed by atoms with Crippen molar-refractivity contribution in [2.24, 2.45) is 0 Å². The number of amides is 2. The van der Waals surface area contributed by atoms with Crippen LogP contribution in [0.3, 0.4) is 0 Å². The summed E-state index contributed by atoms with van der Waals surface area (Å²) < 4.78 is 21.5. The Morgan fingerprint density at radius 2 is 1.39 bits per heavy atom. The van der Waals surface area contributed by atoms with Crippen LogP contribution >= 0.6 is 0 Å². The maximum atomic E-state index is 12.9. The lowest BCUT2D eigenvalue weighted by Gasteiger charge is -2.09. The molecule has 8 nitrogen and oxygen atoms in total. The summed E-state index contributed by atoms with van der Waals surface area (Å²) >= 11 is 0. The molecule has 168 valence electrons. The van der Waals surface area contributed by atoms with Gasteiger partial charge in [-0.25, -0.2) is 0 Å². The SMILES string of the molecule is COc1ccc(NC(=O)c2oc3ccccc3c2NC(=O)COc2ccc(OC)cc2)cc1. The number of benzene rings is 3. The van der Waals surface area contributed by atoms with Gasteiger partial charge in [0, 0.05) is 11.1 Å². The molecule has 0 unspecified atom stereocenters. The van der Waals surface area contributed by atoms with Gasteiger partial charge in [-0.2, -0.15) is 0 Å². The summed E-state index contributed by atoms with van der Waals surface area (Å²) in [6, 6.07) is 20.8. The van der Waals surface area contributed by atoms with Gasteiger partial charge in [0.15, 0.2) is 6.61 Å². The molecule has 0 bridgehead atoms. The van der Waals surface area contributed by atoms with Crippen LogP contribution in [0.15, 0.2) is 77.2 Å². The van der Waals surface area contributed by atoms with Crippen LogP contribution in [0.5, 0.6) is 17.2 Å². The van der Waals surface area contributed by atoms with Crippen molar-refractivity contribution in [1.82, 2.24) is 0 Å². The Labute approximate surface area is 190 Å². The number of carbonyl (C=O) groups is 2. The first-order chi connectivity index (χ1) is 16.1. The molecule has 0 spiro atoms. The molecule has 0 fully saturated rings. The minimum absolute atomic E-state index is 0.00943. The van der Waals surface area contributed by atoms with E-state index in [1.54, 1.807) is 87.0 Å². The molecule has 0 radical (unpaired) electrons. The molecule has 8 heteroatoms. The maximum Gasteiger partial charge on any atom is 0.293 e. The topological polar surface area (TPSA) is 99.0 Å². The van der Waals surface area contributed by atoms with E-state index in [0.717, 1.165) is 0 Å². The van der Waals surface area contributed by atoms with Crippen molar-refractivity contribution < 1.29 is 28.2 Å². The highest BCUT2D eigenvalue weighted by molar-refractivity contribution is 6.14. The van der Waals surface area contributed by atoms with Crippen LogP contribution in [-0.4, -0.2) is 32.6 Å². The van der Waals surface area contributed by atoms with Crippen LogP contribution in [0.25, 0.3) is 11.0 Å². The number of ether oxygens (including phenoxy) is 3. The van der Waals surface area contributed by atoms with Gasteiger partial charge in [-0.1, -0.05) is 12.1 Å². The molecule has 1 heterocycles. The minimum atomic E-state index is -0.497. The smallest absolute Gasteiger partial charge is 0.293 e. The molecule has 4 rings (SSSR count). The molecule has 0 aliphatic carbocycles. The van der Waals surface area contributed by atoms with E-state index in [-0.39, 0.29) is 18.1 Å². The van der Waals surface area contributed by atoms with E-state index in [0.29, 0.717) is 33.9 Å². The van der Waals surface area contributed by atoms with Crippen LogP contribution < -0.4 is 24.8 Å². The fourth-order valence-corrected chi connectivity index (χ4v) is 3.19. The normalized spacial score (nSPS) is 10.5. The molecule has 1 aromatic heterocycles. The van der Waals surface area contributed by atoms with Crippen LogP contribution in [0.1, 0.15) is 10.6 Å². The average molecular weight is 446 g/mol. The van der Waals surface area contributed by atoms with Crippen LogP contribution in [0.2, 0.25) is 0 Å². The second kappa shape index (κ2) is 9.78. The van der Waals surface area contributed by atoms with Gasteiger partial charge in [-0.15, -0.1) is 0 Å². The monoisotopic (exact) mass is 446 g/mol. The lowest BCUT2D eigenvalue weighted by molar-refractivity contribution is -0.118. The zero-order valence-corrected chi connectivity index (χ0v) is 18.1. The van der Waals surface area contributed by atoms with E-state index < -0.39 is 11.8 Å². The lowest BCUT2D eigenvalue weighted by atomic mass is 10.2. The van der Waals surface area contributed by atoms with E-state index in [1.807, 2.05) is 0 Å². The first kappa shape index (κ1) is 21.8. The number of fused-ring (bicyclic) bond motifs is 1. The van der Waals surface area contributed by atoms with Crippen LogP contribution in [-0.2, 0) is 4.79 Å². The van der Waals surface area contributed by atoms with Gasteiger partial charge in [0.05, 0.1) is 14.2 Å². The first-order valence-electron chi connectivity index (χ1n) is 10.1. The number of nitrogens with one attached hydrogen (secondary N) is 2. The van der Waals surface area contributed by atoms with Crippen molar-refractivity contribution in [3.8, 4) is 17.2 Å². The summed E-state index contributed by atoms with van der Waals surface area (Å²) in [6.07, 6.45) is 0.